The number of aromatic nitrogens is 2. The van der Waals surface area contributed by atoms with Crippen molar-refractivity contribution in [2.75, 3.05) is 26.3 Å². The molecule has 0 saturated heterocycles. The first-order chi connectivity index (χ1) is 12.7. The molecule has 2 aromatic carbocycles. The van der Waals surface area contributed by atoms with Crippen molar-refractivity contribution >= 4 is 22.6 Å². The van der Waals surface area contributed by atoms with Crippen LogP contribution in [0.1, 0.15) is 0 Å². The highest BCUT2D eigenvalue weighted by atomic mass is 16.5. The molecule has 26 heavy (non-hydrogen) atoms. The molecule has 0 atom stereocenters. The highest BCUT2D eigenvalue weighted by Gasteiger charge is 2.09. The smallest absolute Gasteiger partial charge is 0.276 e. The maximum absolute atomic E-state index is 12.0. The Morgan fingerprint density at radius 2 is 1.85 bits per heavy atom. The van der Waals surface area contributed by atoms with Crippen LogP contribution in [-0.2, 0) is 4.79 Å². The first kappa shape index (κ1) is 17.3. The molecular weight excluding hydrogens is 336 g/mol. The molecule has 134 valence electrons. The van der Waals surface area contributed by atoms with E-state index < -0.39 is 0 Å². The van der Waals surface area contributed by atoms with Crippen LogP contribution in [0.3, 0.4) is 0 Å². The zero-order chi connectivity index (χ0) is 18.4. The number of hydrogen-bond donors (Lipinski definition) is 2. The minimum atomic E-state index is -0.370. The van der Waals surface area contributed by atoms with Crippen LogP contribution in [0.15, 0.2) is 48.8 Å². The number of carbonyl (C=O) groups excluding carboxylic acids is 1. The van der Waals surface area contributed by atoms with E-state index >= 15 is 0 Å². The van der Waals surface area contributed by atoms with Crippen molar-refractivity contribution in [3.8, 4) is 17.2 Å². The number of nitrogens with one attached hydrogen (secondary N) is 2. The topological polar surface area (TPSA) is 94.6 Å². The van der Waals surface area contributed by atoms with Gasteiger partial charge in [0.2, 0.25) is 0 Å². The predicted molar refractivity (Wildman–Crippen MR) is 96.3 cm³/mol. The lowest BCUT2D eigenvalue weighted by atomic mass is 10.2. The Bertz CT molecular complexity index is 917. The minimum Gasteiger partial charge on any atom is -0.497 e. The lowest BCUT2D eigenvalue weighted by Gasteiger charge is -2.12. The van der Waals surface area contributed by atoms with Gasteiger partial charge in [0, 0.05) is 5.39 Å². The fraction of sp³-hybridized carbons (Fsp3) is 0.167. The van der Waals surface area contributed by atoms with Crippen LogP contribution in [0.5, 0.6) is 17.2 Å². The van der Waals surface area contributed by atoms with E-state index in [-0.39, 0.29) is 12.5 Å². The summed E-state index contributed by atoms with van der Waals surface area (Å²) < 4.78 is 15.9. The van der Waals surface area contributed by atoms with E-state index in [9.17, 15) is 4.79 Å². The van der Waals surface area contributed by atoms with E-state index in [1.54, 1.807) is 37.4 Å². The highest BCUT2D eigenvalue weighted by molar-refractivity contribution is 5.91. The number of amides is 1. The van der Waals surface area contributed by atoms with Gasteiger partial charge < -0.3 is 14.2 Å². The molecule has 0 spiro atoms. The Balaban J connectivity index is 1.63. The molecule has 3 aromatic rings. The minimum absolute atomic E-state index is 0.181. The number of fused-ring (bicyclic) bond motifs is 1. The Morgan fingerprint density at radius 1 is 1.04 bits per heavy atom. The van der Waals surface area contributed by atoms with Gasteiger partial charge in [-0.3, -0.25) is 15.6 Å². The molecule has 0 radical (unpaired) electrons. The number of ether oxygens (including phenoxy) is 3. The molecule has 0 aliphatic rings. The van der Waals surface area contributed by atoms with Crippen LogP contribution in [0.25, 0.3) is 10.9 Å². The number of methoxy groups -OCH3 is 2. The second-order valence-corrected chi connectivity index (χ2v) is 5.22. The van der Waals surface area contributed by atoms with Crippen molar-refractivity contribution in [2.24, 2.45) is 0 Å². The maximum Gasteiger partial charge on any atom is 0.276 e. The molecule has 0 fully saturated rings. The van der Waals surface area contributed by atoms with E-state index in [0.717, 1.165) is 10.9 Å². The molecule has 1 heterocycles. The highest BCUT2D eigenvalue weighted by Crippen LogP contribution is 2.26. The Kier molecular flexibility index (Phi) is 5.33. The van der Waals surface area contributed by atoms with Crippen molar-refractivity contribution < 1.29 is 19.0 Å². The predicted octanol–water partition coefficient (Wildman–Crippen LogP) is 2.17. The molecule has 1 aromatic heterocycles. The Labute approximate surface area is 150 Å². The summed E-state index contributed by atoms with van der Waals surface area (Å²) in [5, 5.41) is 0.720. The number of hydrogen-bond acceptors (Lipinski definition) is 7. The summed E-state index contributed by atoms with van der Waals surface area (Å²) in [6, 6.07) is 12.5. The summed E-state index contributed by atoms with van der Waals surface area (Å²) in [6.07, 6.45) is 1.41. The summed E-state index contributed by atoms with van der Waals surface area (Å²) in [7, 11) is 3.12. The van der Waals surface area contributed by atoms with Gasteiger partial charge >= 0.3 is 0 Å². The molecule has 1 amide bonds. The molecule has 3 rings (SSSR count). The summed E-state index contributed by atoms with van der Waals surface area (Å²) in [4.78, 5) is 20.4. The van der Waals surface area contributed by atoms with Crippen molar-refractivity contribution in [2.45, 2.75) is 0 Å². The Morgan fingerprint density at radius 3 is 2.62 bits per heavy atom. The second-order valence-electron chi connectivity index (χ2n) is 5.22. The number of benzene rings is 2. The zero-order valence-electron chi connectivity index (χ0n) is 14.4. The fourth-order valence-electron chi connectivity index (χ4n) is 2.31. The third-order valence-electron chi connectivity index (χ3n) is 3.59. The first-order valence-corrected chi connectivity index (χ1v) is 7.80. The summed E-state index contributed by atoms with van der Waals surface area (Å²) >= 11 is 0. The van der Waals surface area contributed by atoms with E-state index in [4.69, 9.17) is 14.2 Å². The number of para-hydroxylation sites is 2. The monoisotopic (exact) mass is 354 g/mol. The number of nitrogens with zero attached hydrogens (tertiary/aromatic N) is 2. The lowest BCUT2D eigenvalue weighted by Crippen LogP contribution is -2.34. The SMILES string of the molecule is COc1ccc2ncnc(NNC(=O)COc3ccccc3OC)c2c1. The molecular formula is C18H18N4O4. The standard InChI is InChI=1S/C18H18N4O4/c1-24-12-7-8-14-13(9-12)18(20-11-19-14)22-21-17(23)10-26-16-6-4-3-5-15(16)25-2/h3-9,11H,10H2,1-2H3,(H,21,23)(H,19,20,22). The van der Waals surface area contributed by atoms with E-state index in [2.05, 4.69) is 20.8 Å². The summed E-state index contributed by atoms with van der Waals surface area (Å²) in [5.74, 6) is 1.80. The van der Waals surface area contributed by atoms with Gasteiger partial charge in [0.1, 0.15) is 12.1 Å². The third kappa shape index (κ3) is 3.92. The maximum atomic E-state index is 12.0. The molecule has 0 saturated carbocycles. The van der Waals surface area contributed by atoms with Gasteiger partial charge in [0.05, 0.1) is 19.7 Å². The molecule has 8 heteroatoms. The molecule has 2 N–H and O–H groups in total. The summed E-state index contributed by atoms with van der Waals surface area (Å²) in [6.45, 7) is -0.181. The van der Waals surface area contributed by atoms with Crippen molar-refractivity contribution in [1.82, 2.24) is 15.4 Å². The van der Waals surface area contributed by atoms with Crippen molar-refractivity contribution in [3.63, 3.8) is 0 Å². The van der Waals surface area contributed by atoms with Gasteiger partial charge in [-0.15, -0.1) is 0 Å². The molecule has 0 aliphatic carbocycles. The number of anilines is 1. The number of hydrazine groups is 1. The van der Waals surface area contributed by atoms with Crippen molar-refractivity contribution in [3.05, 3.63) is 48.8 Å². The van der Waals surface area contributed by atoms with Gasteiger partial charge in [0.15, 0.2) is 23.9 Å². The zero-order valence-corrected chi connectivity index (χ0v) is 14.4. The second kappa shape index (κ2) is 8.02. The van der Waals surface area contributed by atoms with Crippen LogP contribution in [0, 0.1) is 0 Å². The molecule has 0 unspecified atom stereocenters. The normalized spacial score (nSPS) is 10.2. The van der Waals surface area contributed by atoms with Gasteiger partial charge in [0.25, 0.3) is 5.91 Å². The lowest BCUT2D eigenvalue weighted by molar-refractivity contribution is -0.122. The largest absolute Gasteiger partial charge is 0.497 e. The Hall–Kier alpha value is -3.55. The van der Waals surface area contributed by atoms with Gasteiger partial charge in [-0.05, 0) is 30.3 Å². The average molecular weight is 354 g/mol. The van der Waals surface area contributed by atoms with Crippen LogP contribution >= 0.6 is 0 Å². The summed E-state index contributed by atoms with van der Waals surface area (Å²) in [5.41, 5.74) is 6.06. The van der Waals surface area contributed by atoms with Gasteiger partial charge in [-0.25, -0.2) is 9.97 Å². The molecule has 0 aliphatic heterocycles. The molecule has 8 nitrogen and oxygen atoms in total. The number of carbonyl (C=O) groups is 1. The van der Waals surface area contributed by atoms with Gasteiger partial charge in [-0.2, -0.15) is 0 Å². The van der Waals surface area contributed by atoms with E-state index in [0.29, 0.717) is 23.1 Å². The quantitative estimate of drug-likeness (QED) is 0.628. The van der Waals surface area contributed by atoms with Crippen molar-refractivity contribution in [1.29, 1.82) is 0 Å². The number of rotatable bonds is 7. The van der Waals surface area contributed by atoms with E-state index in [1.165, 1.54) is 13.4 Å². The van der Waals surface area contributed by atoms with Crippen LogP contribution in [0.4, 0.5) is 5.82 Å². The molecule has 0 bridgehead atoms. The average Bonchev–Trinajstić information content (AvgIpc) is 2.70. The van der Waals surface area contributed by atoms with Crippen LogP contribution < -0.4 is 25.1 Å². The first-order valence-electron chi connectivity index (χ1n) is 7.80. The third-order valence-corrected chi connectivity index (χ3v) is 3.59. The van der Waals surface area contributed by atoms with E-state index in [1.807, 2.05) is 12.1 Å². The van der Waals surface area contributed by atoms with Crippen LogP contribution in [-0.4, -0.2) is 36.7 Å². The van der Waals surface area contributed by atoms with Crippen LogP contribution in [0.2, 0.25) is 0 Å². The van der Waals surface area contributed by atoms with Gasteiger partial charge in [-0.1, -0.05) is 12.1 Å². The fourth-order valence-corrected chi connectivity index (χ4v) is 2.31.